The number of nitrogens with zero attached hydrogens (tertiary/aromatic N) is 1. The molecule has 0 amide bonds. The van der Waals surface area contributed by atoms with Crippen LogP contribution in [0.15, 0.2) is 29.6 Å². The summed E-state index contributed by atoms with van der Waals surface area (Å²) in [6.07, 6.45) is 5.09. The van der Waals surface area contributed by atoms with Crippen LogP contribution in [0.5, 0.6) is 11.5 Å². The molecule has 1 N–H and O–H groups in total. The van der Waals surface area contributed by atoms with Crippen molar-refractivity contribution < 1.29 is 9.84 Å². The third-order valence-electron chi connectivity index (χ3n) is 4.70. The molecule has 2 heterocycles. The molecule has 1 aromatic carbocycles. The second kappa shape index (κ2) is 7.37. The summed E-state index contributed by atoms with van der Waals surface area (Å²) < 4.78 is 5.14. The monoisotopic (exact) mass is 331 g/mol. The molecule has 2 aromatic rings. The van der Waals surface area contributed by atoms with Gasteiger partial charge in [-0.05, 0) is 61.0 Å². The number of ether oxygens (including phenoxy) is 1. The first-order valence-electron chi connectivity index (χ1n) is 8.33. The molecule has 0 radical (unpaired) electrons. The van der Waals surface area contributed by atoms with Gasteiger partial charge in [-0.3, -0.25) is 4.90 Å². The summed E-state index contributed by atoms with van der Waals surface area (Å²) in [6.45, 7) is 4.21. The number of phenolic OH excluding ortho intramolecular Hbond substituents is 1. The second-order valence-corrected chi connectivity index (χ2v) is 7.26. The Kier molecular flexibility index (Phi) is 5.23. The highest BCUT2D eigenvalue weighted by molar-refractivity contribution is 7.10. The molecule has 0 unspecified atom stereocenters. The number of rotatable bonds is 4. The molecule has 124 valence electrons. The third kappa shape index (κ3) is 3.70. The SMILES string of the molecule is COc1ccc(CN2CCCCC[C@H]2c2sccc2C)cc1O. The van der Waals surface area contributed by atoms with Gasteiger partial charge in [0.15, 0.2) is 11.5 Å². The molecule has 1 aliphatic heterocycles. The van der Waals surface area contributed by atoms with E-state index in [0.29, 0.717) is 11.8 Å². The lowest BCUT2D eigenvalue weighted by molar-refractivity contribution is 0.194. The molecule has 1 aromatic heterocycles. The minimum atomic E-state index is 0.226. The summed E-state index contributed by atoms with van der Waals surface area (Å²) in [6, 6.07) is 8.47. The molecule has 3 rings (SSSR count). The number of benzene rings is 1. The van der Waals surface area contributed by atoms with Crippen LogP contribution in [0.2, 0.25) is 0 Å². The van der Waals surface area contributed by atoms with Crippen LogP contribution in [-0.4, -0.2) is 23.7 Å². The highest BCUT2D eigenvalue weighted by Crippen LogP contribution is 2.36. The van der Waals surface area contributed by atoms with E-state index in [1.165, 1.54) is 36.1 Å². The van der Waals surface area contributed by atoms with Crippen molar-refractivity contribution in [3.05, 3.63) is 45.6 Å². The maximum absolute atomic E-state index is 10.0. The molecular weight excluding hydrogens is 306 g/mol. The van der Waals surface area contributed by atoms with Crippen LogP contribution in [0.3, 0.4) is 0 Å². The van der Waals surface area contributed by atoms with Crippen LogP contribution in [0.25, 0.3) is 0 Å². The van der Waals surface area contributed by atoms with Gasteiger partial charge in [-0.25, -0.2) is 0 Å². The quantitative estimate of drug-likeness (QED) is 0.866. The van der Waals surface area contributed by atoms with Crippen molar-refractivity contribution >= 4 is 11.3 Å². The highest BCUT2D eigenvalue weighted by Gasteiger charge is 2.25. The fourth-order valence-electron chi connectivity index (χ4n) is 3.45. The smallest absolute Gasteiger partial charge is 0.160 e. The third-order valence-corrected chi connectivity index (χ3v) is 5.82. The predicted molar refractivity (Wildman–Crippen MR) is 95.3 cm³/mol. The lowest BCUT2D eigenvalue weighted by Crippen LogP contribution is -2.28. The zero-order valence-corrected chi connectivity index (χ0v) is 14.7. The van der Waals surface area contributed by atoms with E-state index in [1.54, 1.807) is 7.11 Å². The Labute approximate surface area is 142 Å². The van der Waals surface area contributed by atoms with Crippen molar-refractivity contribution in [3.8, 4) is 11.5 Å². The normalized spacial score (nSPS) is 19.5. The molecular formula is C19H25NO2S. The number of likely N-dealkylation sites (tertiary alicyclic amines) is 1. The molecule has 1 aliphatic rings. The predicted octanol–water partition coefficient (Wildman–Crippen LogP) is 4.89. The number of aryl methyl sites for hydroxylation is 1. The average molecular weight is 331 g/mol. The van der Waals surface area contributed by atoms with Crippen LogP contribution < -0.4 is 4.74 Å². The standard InChI is InChI=1S/C19H25NO2S/c1-14-9-11-23-19(14)16-6-4-3-5-10-20(16)13-15-7-8-18(22-2)17(21)12-15/h7-9,11-12,16,21H,3-6,10,13H2,1-2H3/t16-/m0/s1. The molecule has 1 atom stereocenters. The molecule has 0 aliphatic carbocycles. The molecule has 1 saturated heterocycles. The van der Waals surface area contributed by atoms with E-state index in [0.717, 1.165) is 18.7 Å². The number of methoxy groups -OCH3 is 1. The van der Waals surface area contributed by atoms with E-state index in [-0.39, 0.29) is 5.75 Å². The summed E-state index contributed by atoms with van der Waals surface area (Å²) in [5.74, 6) is 0.763. The number of aromatic hydroxyl groups is 1. The Morgan fingerprint density at radius 1 is 1.26 bits per heavy atom. The number of hydrogen-bond donors (Lipinski definition) is 1. The van der Waals surface area contributed by atoms with Crippen molar-refractivity contribution in [3.63, 3.8) is 0 Å². The van der Waals surface area contributed by atoms with Gasteiger partial charge >= 0.3 is 0 Å². The maximum atomic E-state index is 10.0. The zero-order chi connectivity index (χ0) is 16.2. The molecule has 3 nitrogen and oxygen atoms in total. The summed E-state index contributed by atoms with van der Waals surface area (Å²) in [5.41, 5.74) is 2.55. The maximum Gasteiger partial charge on any atom is 0.160 e. The minimum Gasteiger partial charge on any atom is -0.504 e. The van der Waals surface area contributed by atoms with Crippen LogP contribution in [0.1, 0.15) is 47.7 Å². The largest absolute Gasteiger partial charge is 0.504 e. The molecule has 0 saturated carbocycles. The number of hydrogen-bond acceptors (Lipinski definition) is 4. The van der Waals surface area contributed by atoms with Gasteiger partial charge in [-0.15, -0.1) is 11.3 Å². The van der Waals surface area contributed by atoms with E-state index in [4.69, 9.17) is 4.74 Å². The minimum absolute atomic E-state index is 0.226. The Hall–Kier alpha value is -1.52. The fourth-order valence-corrected chi connectivity index (χ4v) is 4.54. The van der Waals surface area contributed by atoms with Gasteiger partial charge in [0, 0.05) is 17.5 Å². The second-order valence-electron chi connectivity index (χ2n) is 6.31. The Morgan fingerprint density at radius 3 is 2.83 bits per heavy atom. The van der Waals surface area contributed by atoms with Gasteiger partial charge in [0.25, 0.3) is 0 Å². The fraction of sp³-hybridized carbons (Fsp3) is 0.474. The molecule has 0 bridgehead atoms. The van der Waals surface area contributed by atoms with Crippen molar-refractivity contribution in [1.29, 1.82) is 0 Å². The van der Waals surface area contributed by atoms with Gasteiger partial charge in [0.2, 0.25) is 0 Å². The van der Waals surface area contributed by atoms with Crippen LogP contribution in [-0.2, 0) is 6.54 Å². The Morgan fingerprint density at radius 2 is 2.13 bits per heavy atom. The first-order chi connectivity index (χ1) is 11.2. The van der Waals surface area contributed by atoms with Gasteiger partial charge in [0.05, 0.1) is 7.11 Å². The molecule has 1 fully saturated rings. The van der Waals surface area contributed by atoms with Crippen molar-refractivity contribution in [2.45, 2.75) is 45.2 Å². The summed E-state index contributed by atoms with van der Waals surface area (Å²) in [5, 5.41) is 12.2. The van der Waals surface area contributed by atoms with Gasteiger partial charge in [-0.1, -0.05) is 18.9 Å². The van der Waals surface area contributed by atoms with Gasteiger partial charge in [0.1, 0.15) is 0 Å². The van der Waals surface area contributed by atoms with Crippen molar-refractivity contribution in [2.75, 3.05) is 13.7 Å². The molecule has 4 heteroatoms. The summed E-state index contributed by atoms with van der Waals surface area (Å²) in [7, 11) is 1.58. The zero-order valence-electron chi connectivity index (χ0n) is 13.9. The van der Waals surface area contributed by atoms with E-state index in [2.05, 4.69) is 29.3 Å². The number of phenols is 1. The highest BCUT2D eigenvalue weighted by atomic mass is 32.1. The van der Waals surface area contributed by atoms with E-state index in [9.17, 15) is 5.11 Å². The average Bonchev–Trinajstić information content (AvgIpc) is 2.83. The van der Waals surface area contributed by atoms with E-state index >= 15 is 0 Å². The lowest BCUT2D eigenvalue weighted by atomic mass is 10.0. The Bertz CT molecular complexity index is 653. The van der Waals surface area contributed by atoms with Gasteiger partial charge < -0.3 is 9.84 Å². The summed E-state index contributed by atoms with van der Waals surface area (Å²) >= 11 is 1.88. The summed E-state index contributed by atoms with van der Waals surface area (Å²) in [4.78, 5) is 4.08. The van der Waals surface area contributed by atoms with E-state index in [1.807, 2.05) is 23.5 Å². The van der Waals surface area contributed by atoms with Crippen molar-refractivity contribution in [2.24, 2.45) is 0 Å². The van der Waals surface area contributed by atoms with Crippen LogP contribution in [0, 0.1) is 6.92 Å². The van der Waals surface area contributed by atoms with Crippen LogP contribution in [0.4, 0.5) is 0 Å². The topological polar surface area (TPSA) is 32.7 Å². The lowest BCUT2D eigenvalue weighted by Gasteiger charge is -2.30. The van der Waals surface area contributed by atoms with E-state index < -0.39 is 0 Å². The molecule has 23 heavy (non-hydrogen) atoms. The van der Waals surface area contributed by atoms with Gasteiger partial charge in [-0.2, -0.15) is 0 Å². The number of thiophene rings is 1. The van der Waals surface area contributed by atoms with Crippen LogP contribution >= 0.6 is 11.3 Å². The Balaban J connectivity index is 1.83. The van der Waals surface area contributed by atoms with Crippen molar-refractivity contribution in [1.82, 2.24) is 4.90 Å². The first-order valence-corrected chi connectivity index (χ1v) is 9.21. The molecule has 0 spiro atoms. The first kappa shape index (κ1) is 16.3.